The van der Waals surface area contributed by atoms with Crippen molar-refractivity contribution in [2.45, 2.75) is 51.7 Å². The molecular formula is C20H27N3O4S2. The predicted molar refractivity (Wildman–Crippen MR) is 115 cm³/mol. The molecule has 9 heteroatoms. The highest BCUT2D eigenvalue weighted by atomic mass is 32.1. The molecule has 1 atom stereocenters. The molecule has 0 aliphatic heterocycles. The van der Waals surface area contributed by atoms with Gasteiger partial charge in [0.1, 0.15) is 6.04 Å². The highest BCUT2D eigenvalue weighted by Crippen LogP contribution is 2.19. The van der Waals surface area contributed by atoms with E-state index in [0.717, 1.165) is 22.6 Å². The Labute approximate surface area is 178 Å². The molecule has 2 rings (SSSR count). The fourth-order valence-electron chi connectivity index (χ4n) is 2.77. The van der Waals surface area contributed by atoms with Crippen LogP contribution in [-0.2, 0) is 22.7 Å². The average Bonchev–Trinajstić information content (AvgIpc) is 3.38. The third kappa shape index (κ3) is 8.25. The molecule has 3 N–H and O–H groups in total. The number of carboxylic acid groups (broad SMARTS) is 1. The molecule has 2 heterocycles. The zero-order valence-corrected chi connectivity index (χ0v) is 18.1. The molecule has 3 amide bonds. The van der Waals surface area contributed by atoms with Crippen molar-refractivity contribution in [1.82, 2.24) is 15.5 Å². The summed E-state index contributed by atoms with van der Waals surface area (Å²) in [7, 11) is 0. The van der Waals surface area contributed by atoms with Crippen molar-refractivity contribution < 1.29 is 19.5 Å². The van der Waals surface area contributed by atoms with Gasteiger partial charge in [0, 0.05) is 16.3 Å². The fraction of sp³-hybridized carbons (Fsp3) is 0.450. The Morgan fingerprint density at radius 1 is 1.10 bits per heavy atom. The number of urea groups is 1. The van der Waals surface area contributed by atoms with Gasteiger partial charge in [-0.3, -0.25) is 9.59 Å². The van der Waals surface area contributed by atoms with Gasteiger partial charge in [0.05, 0.1) is 19.5 Å². The maximum atomic E-state index is 13.3. The van der Waals surface area contributed by atoms with Crippen LogP contribution in [0.3, 0.4) is 0 Å². The molecule has 7 nitrogen and oxygen atoms in total. The molecule has 0 aromatic carbocycles. The summed E-state index contributed by atoms with van der Waals surface area (Å²) >= 11 is 3.19. The first-order chi connectivity index (χ1) is 14.0. The van der Waals surface area contributed by atoms with Gasteiger partial charge in [0.15, 0.2) is 0 Å². The summed E-state index contributed by atoms with van der Waals surface area (Å²) in [6.45, 7) is 3.02. The van der Waals surface area contributed by atoms with Crippen LogP contribution in [0.4, 0.5) is 4.79 Å². The van der Waals surface area contributed by atoms with Crippen LogP contribution in [-0.4, -0.2) is 40.5 Å². The summed E-state index contributed by atoms with van der Waals surface area (Å²) in [6.07, 6.45) is 2.08. The molecule has 0 aliphatic rings. The Kier molecular flexibility index (Phi) is 9.66. The number of hydrogen-bond acceptors (Lipinski definition) is 5. The lowest BCUT2D eigenvalue weighted by molar-refractivity contribution is -0.137. The van der Waals surface area contributed by atoms with Gasteiger partial charge >= 0.3 is 12.0 Å². The van der Waals surface area contributed by atoms with Crippen molar-refractivity contribution in [3.8, 4) is 0 Å². The minimum Gasteiger partial charge on any atom is -0.481 e. The van der Waals surface area contributed by atoms with Crippen molar-refractivity contribution in [3.05, 3.63) is 44.8 Å². The number of rotatable bonds is 12. The monoisotopic (exact) mass is 437 g/mol. The summed E-state index contributed by atoms with van der Waals surface area (Å²) < 4.78 is 0. The van der Waals surface area contributed by atoms with Crippen molar-refractivity contribution in [1.29, 1.82) is 0 Å². The second kappa shape index (κ2) is 12.2. The van der Waals surface area contributed by atoms with E-state index in [2.05, 4.69) is 10.6 Å². The van der Waals surface area contributed by atoms with Gasteiger partial charge in [-0.1, -0.05) is 31.9 Å². The molecule has 0 aliphatic carbocycles. The van der Waals surface area contributed by atoms with E-state index in [4.69, 9.17) is 5.11 Å². The molecule has 2 aromatic heterocycles. The first-order valence-corrected chi connectivity index (χ1v) is 11.3. The van der Waals surface area contributed by atoms with Gasteiger partial charge in [-0.2, -0.15) is 0 Å². The smallest absolute Gasteiger partial charge is 0.315 e. The molecular weight excluding hydrogens is 410 g/mol. The second-order valence-corrected chi connectivity index (χ2v) is 8.66. The minimum absolute atomic E-state index is 0.0178. The van der Waals surface area contributed by atoms with Crippen LogP contribution in [0.1, 0.15) is 42.4 Å². The van der Waals surface area contributed by atoms with Crippen molar-refractivity contribution in [3.63, 3.8) is 0 Å². The number of aliphatic carboxylic acids is 1. The lowest BCUT2D eigenvalue weighted by Gasteiger charge is -2.27. The standard InChI is InChI=1S/C20H27N3O4S2/c1-2-3-8-17(22-20(27)21-10-9-18(24)25)19(26)23(13-15-6-4-11-28-15)14-16-7-5-12-29-16/h4-7,11-12,17H,2-3,8-10,13-14H2,1H3,(H,24,25)(H2,21,22,27)/t17-/m1/s1. The van der Waals surface area contributed by atoms with Crippen LogP contribution in [0.5, 0.6) is 0 Å². The summed E-state index contributed by atoms with van der Waals surface area (Å²) in [6, 6.07) is 6.72. The maximum absolute atomic E-state index is 13.3. The Bertz CT molecular complexity index is 727. The first kappa shape index (κ1) is 22.9. The van der Waals surface area contributed by atoms with Gasteiger partial charge in [-0.25, -0.2) is 4.79 Å². The largest absolute Gasteiger partial charge is 0.481 e. The van der Waals surface area contributed by atoms with Gasteiger partial charge in [0.2, 0.25) is 5.91 Å². The van der Waals surface area contributed by atoms with E-state index >= 15 is 0 Å². The molecule has 29 heavy (non-hydrogen) atoms. The lowest BCUT2D eigenvalue weighted by atomic mass is 10.1. The number of unbranched alkanes of at least 4 members (excludes halogenated alkanes) is 1. The first-order valence-electron chi connectivity index (χ1n) is 9.59. The Morgan fingerprint density at radius 3 is 2.21 bits per heavy atom. The summed E-state index contributed by atoms with van der Waals surface area (Å²) in [5.41, 5.74) is 0. The number of hydrogen-bond donors (Lipinski definition) is 3. The number of thiophene rings is 2. The molecule has 0 saturated carbocycles. The van der Waals surface area contributed by atoms with E-state index in [0.29, 0.717) is 19.5 Å². The number of nitrogens with one attached hydrogen (secondary N) is 2. The Morgan fingerprint density at radius 2 is 1.72 bits per heavy atom. The zero-order chi connectivity index (χ0) is 21.1. The van der Waals surface area contributed by atoms with Crippen LogP contribution in [0, 0.1) is 0 Å². The van der Waals surface area contributed by atoms with E-state index in [1.165, 1.54) is 0 Å². The quantitative estimate of drug-likeness (QED) is 0.472. The zero-order valence-electron chi connectivity index (χ0n) is 16.4. The Balaban J connectivity index is 2.07. The van der Waals surface area contributed by atoms with Crippen LogP contribution < -0.4 is 10.6 Å². The summed E-state index contributed by atoms with van der Waals surface area (Å²) in [4.78, 5) is 40.0. The van der Waals surface area contributed by atoms with Crippen molar-refractivity contribution >= 4 is 40.6 Å². The van der Waals surface area contributed by atoms with E-state index in [1.807, 2.05) is 41.9 Å². The number of carboxylic acids is 1. The highest BCUT2D eigenvalue weighted by Gasteiger charge is 2.26. The van der Waals surface area contributed by atoms with Gasteiger partial charge < -0.3 is 20.6 Å². The maximum Gasteiger partial charge on any atom is 0.315 e. The molecule has 2 aromatic rings. The lowest BCUT2D eigenvalue weighted by Crippen LogP contribution is -2.51. The van der Waals surface area contributed by atoms with E-state index in [-0.39, 0.29) is 18.9 Å². The van der Waals surface area contributed by atoms with Crippen LogP contribution in [0.15, 0.2) is 35.0 Å². The molecule has 0 radical (unpaired) electrons. The summed E-state index contributed by atoms with van der Waals surface area (Å²) in [5.74, 6) is -1.12. The highest BCUT2D eigenvalue weighted by molar-refractivity contribution is 7.10. The number of carbonyl (C=O) groups excluding carboxylic acids is 2. The third-order valence-electron chi connectivity index (χ3n) is 4.24. The van der Waals surface area contributed by atoms with Gasteiger partial charge in [-0.15, -0.1) is 22.7 Å². The predicted octanol–water partition coefficient (Wildman–Crippen LogP) is 3.67. The topological polar surface area (TPSA) is 98.7 Å². The molecule has 0 fully saturated rings. The van der Waals surface area contributed by atoms with Gasteiger partial charge in [0.25, 0.3) is 0 Å². The molecule has 0 saturated heterocycles. The Hall–Kier alpha value is -2.39. The van der Waals surface area contributed by atoms with E-state index in [9.17, 15) is 14.4 Å². The van der Waals surface area contributed by atoms with E-state index in [1.54, 1.807) is 27.6 Å². The minimum atomic E-state index is -0.984. The number of nitrogens with zero attached hydrogens (tertiary/aromatic N) is 1. The van der Waals surface area contributed by atoms with Crippen molar-refractivity contribution in [2.24, 2.45) is 0 Å². The number of amides is 3. The molecule has 158 valence electrons. The fourth-order valence-corrected chi connectivity index (χ4v) is 4.21. The SMILES string of the molecule is CCCC[C@@H](NC(=O)NCCC(=O)O)C(=O)N(Cc1cccs1)Cc1cccs1. The normalized spacial score (nSPS) is 11.6. The van der Waals surface area contributed by atoms with Crippen molar-refractivity contribution in [2.75, 3.05) is 6.54 Å². The van der Waals surface area contributed by atoms with E-state index < -0.39 is 18.0 Å². The molecule has 0 bridgehead atoms. The second-order valence-electron chi connectivity index (χ2n) is 6.59. The van der Waals surface area contributed by atoms with Crippen LogP contribution in [0.2, 0.25) is 0 Å². The summed E-state index contributed by atoms with van der Waals surface area (Å²) in [5, 5.41) is 17.9. The molecule has 0 spiro atoms. The van der Waals surface area contributed by atoms with Gasteiger partial charge in [-0.05, 0) is 29.3 Å². The van der Waals surface area contributed by atoms with Crippen LogP contribution in [0.25, 0.3) is 0 Å². The van der Waals surface area contributed by atoms with Crippen LogP contribution >= 0.6 is 22.7 Å². The average molecular weight is 438 g/mol. The molecule has 0 unspecified atom stereocenters. The third-order valence-corrected chi connectivity index (χ3v) is 5.96. The number of carbonyl (C=O) groups is 3.